The minimum absolute atomic E-state index is 0.145. The molecule has 0 aromatic rings. The maximum atomic E-state index is 12.0. The van der Waals surface area contributed by atoms with E-state index in [0.717, 1.165) is 0 Å². The van der Waals surface area contributed by atoms with Gasteiger partial charge in [-0.25, -0.2) is 0 Å². The Morgan fingerprint density at radius 1 is 1.41 bits per heavy atom. The molecular formula is C10H20F3N3O. The molecule has 4 nitrogen and oxygen atoms in total. The number of nitrogens with one attached hydrogen (secondary N) is 1. The summed E-state index contributed by atoms with van der Waals surface area (Å²) < 4.78 is 36.1. The van der Waals surface area contributed by atoms with Gasteiger partial charge in [0.05, 0.1) is 6.42 Å². The molecule has 0 aromatic heterocycles. The van der Waals surface area contributed by atoms with E-state index < -0.39 is 24.0 Å². The number of amides is 1. The van der Waals surface area contributed by atoms with Crippen LogP contribution in [0, 0.1) is 0 Å². The van der Waals surface area contributed by atoms with Crippen LogP contribution in [0.5, 0.6) is 0 Å². The molecule has 102 valence electrons. The van der Waals surface area contributed by atoms with Crippen molar-refractivity contribution in [2.45, 2.75) is 32.0 Å². The van der Waals surface area contributed by atoms with Crippen LogP contribution in [-0.4, -0.2) is 49.2 Å². The highest BCUT2D eigenvalue weighted by Crippen LogP contribution is 2.19. The largest absolute Gasteiger partial charge is 0.390 e. The van der Waals surface area contributed by atoms with Gasteiger partial charge in [-0.05, 0) is 20.5 Å². The van der Waals surface area contributed by atoms with E-state index in [9.17, 15) is 18.0 Å². The molecular weight excluding hydrogens is 235 g/mol. The van der Waals surface area contributed by atoms with Crippen molar-refractivity contribution in [3.05, 3.63) is 0 Å². The summed E-state index contributed by atoms with van der Waals surface area (Å²) in [5.74, 6) is -0.571. The Morgan fingerprint density at radius 2 is 1.94 bits per heavy atom. The molecule has 0 rings (SSSR count). The van der Waals surface area contributed by atoms with Gasteiger partial charge < -0.3 is 16.0 Å². The molecule has 0 aliphatic rings. The molecule has 1 atom stereocenters. The van der Waals surface area contributed by atoms with Crippen LogP contribution in [0.4, 0.5) is 13.2 Å². The van der Waals surface area contributed by atoms with Crippen molar-refractivity contribution >= 4 is 5.91 Å². The van der Waals surface area contributed by atoms with E-state index in [1.165, 1.54) is 11.9 Å². The number of nitrogens with two attached hydrogens (primary N) is 1. The third-order valence-corrected chi connectivity index (χ3v) is 2.47. The van der Waals surface area contributed by atoms with Crippen LogP contribution in [0.1, 0.15) is 20.3 Å². The number of alkyl halides is 3. The number of likely N-dealkylation sites (N-methyl/N-ethyl adjacent to an activating group) is 2. The second-order valence-corrected chi connectivity index (χ2v) is 4.33. The quantitative estimate of drug-likeness (QED) is 0.705. The summed E-state index contributed by atoms with van der Waals surface area (Å²) >= 11 is 0. The minimum Gasteiger partial charge on any atom is -0.368 e. The summed E-state index contributed by atoms with van der Waals surface area (Å²) in [5, 5.41) is 2.89. The third kappa shape index (κ3) is 6.48. The smallest absolute Gasteiger partial charge is 0.368 e. The Morgan fingerprint density at radius 3 is 2.29 bits per heavy atom. The molecule has 7 heteroatoms. The first-order valence-corrected chi connectivity index (χ1v) is 5.41. The van der Waals surface area contributed by atoms with Crippen molar-refractivity contribution in [2.75, 3.05) is 26.7 Å². The molecule has 0 saturated carbocycles. The third-order valence-electron chi connectivity index (χ3n) is 2.47. The van der Waals surface area contributed by atoms with Crippen molar-refractivity contribution in [1.82, 2.24) is 10.2 Å². The summed E-state index contributed by atoms with van der Waals surface area (Å²) in [6.45, 7) is 3.90. The van der Waals surface area contributed by atoms with Crippen LogP contribution in [-0.2, 0) is 4.79 Å². The number of carbonyl (C=O) groups excluding carboxylic acids is 1. The fourth-order valence-electron chi connectivity index (χ4n) is 1.55. The topological polar surface area (TPSA) is 58.4 Å². The first-order valence-electron chi connectivity index (χ1n) is 5.41. The van der Waals surface area contributed by atoms with Gasteiger partial charge >= 0.3 is 6.18 Å². The fraction of sp³-hybridized carbons (Fsp3) is 0.900. The van der Waals surface area contributed by atoms with Crippen molar-refractivity contribution in [3.8, 4) is 0 Å². The molecule has 0 radical (unpaired) electrons. The first kappa shape index (κ1) is 16.2. The molecule has 0 saturated heterocycles. The maximum absolute atomic E-state index is 12.0. The average Bonchev–Trinajstić information content (AvgIpc) is 2.13. The molecule has 0 fully saturated rings. The van der Waals surface area contributed by atoms with Crippen LogP contribution >= 0.6 is 0 Å². The van der Waals surface area contributed by atoms with Crippen molar-refractivity contribution < 1.29 is 18.0 Å². The van der Waals surface area contributed by atoms with E-state index in [1.807, 2.05) is 0 Å². The Balaban J connectivity index is 4.32. The predicted octanol–water partition coefficient (Wildman–Crippen LogP) is 0.724. The lowest BCUT2D eigenvalue weighted by Gasteiger charge is -2.31. The van der Waals surface area contributed by atoms with E-state index >= 15 is 0 Å². The van der Waals surface area contributed by atoms with Gasteiger partial charge in [0.15, 0.2) is 0 Å². The van der Waals surface area contributed by atoms with Crippen LogP contribution in [0.25, 0.3) is 0 Å². The summed E-state index contributed by atoms with van der Waals surface area (Å²) in [4.78, 5) is 12.7. The number of hydrogen-bond acceptors (Lipinski definition) is 3. The average molecular weight is 255 g/mol. The molecule has 0 aliphatic carbocycles. The molecule has 1 amide bonds. The predicted molar refractivity (Wildman–Crippen MR) is 59.4 cm³/mol. The lowest BCUT2D eigenvalue weighted by molar-refractivity contribution is -0.138. The fourth-order valence-corrected chi connectivity index (χ4v) is 1.55. The Hall–Kier alpha value is -0.820. The van der Waals surface area contributed by atoms with Crippen LogP contribution < -0.4 is 11.1 Å². The zero-order valence-corrected chi connectivity index (χ0v) is 10.4. The molecule has 0 bridgehead atoms. The first-order chi connectivity index (χ1) is 7.60. The van der Waals surface area contributed by atoms with E-state index in [1.54, 1.807) is 13.8 Å². The van der Waals surface area contributed by atoms with Gasteiger partial charge in [0, 0.05) is 13.1 Å². The van der Waals surface area contributed by atoms with E-state index in [0.29, 0.717) is 6.54 Å². The number of rotatable bonds is 7. The monoisotopic (exact) mass is 255 g/mol. The minimum atomic E-state index is -4.18. The summed E-state index contributed by atoms with van der Waals surface area (Å²) in [6, 6.07) is 0. The standard InChI is InChI=1S/C10H20F3N3O/c1-4-15-9(2,8(14)17)7-16(3)6-5-10(11,12)13/h15H,4-7H2,1-3H3,(H2,14,17). The van der Waals surface area contributed by atoms with E-state index in [-0.39, 0.29) is 13.1 Å². The molecule has 0 aliphatic heterocycles. The Bertz CT molecular complexity index is 258. The number of primary amides is 1. The maximum Gasteiger partial charge on any atom is 0.390 e. The lowest BCUT2D eigenvalue weighted by Crippen LogP contribution is -2.59. The number of hydrogen-bond donors (Lipinski definition) is 2. The Labute approximate surface area is 99.3 Å². The molecule has 0 heterocycles. The molecule has 17 heavy (non-hydrogen) atoms. The van der Waals surface area contributed by atoms with Crippen molar-refractivity contribution in [2.24, 2.45) is 5.73 Å². The van der Waals surface area contributed by atoms with Crippen molar-refractivity contribution in [3.63, 3.8) is 0 Å². The van der Waals surface area contributed by atoms with E-state index in [4.69, 9.17) is 5.73 Å². The van der Waals surface area contributed by atoms with Crippen LogP contribution in [0.3, 0.4) is 0 Å². The summed E-state index contributed by atoms with van der Waals surface area (Å²) in [5.41, 5.74) is 4.23. The highest BCUT2D eigenvalue weighted by atomic mass is 19.4. The van der Waals surface area contributed by atoms with E-state index in [2.05, 4.69) is 5.32 Å². The second kappa shape index (κ2) is 6.20. The normalized spacial score (nSPS) is 15.9. The van der Waals surface area contributed by atoms with Gasteiger partial charge in [-0.1, -0.05) is 6.92 Å². The van der Waals surface area contributed by atoms with Crippen LogP contribution in [0.2, 0.25) is 0 Å². The van der Waals surface area contributed by atoms with Gasteiger partial charge in [-0.2, -0.15) is 13.2 Å². The zero-order chi connectivity index (χ0) is 13.7. The van der Waals surface area contributed by atoms with Crippen molar-refractivity contribution in [1.29, 1.82) is 0 Å². The Kier molecular flexibility index (Phi) is 5.91. The SMILES string of the molecule is CCNC(C)(CN(C)CCC(F)(F)F)C(N)=O. The zero-order valence-electron chi connectivity index (χ0n) is 10.4. The van der Waals surface area contributed by atoms with Gasteiger partial charge in [0.25, 0.3) is 0 Å². The number of carbonyl (C=O) groups is 1. The lowest BCUT2D eigenvalue weighted by atomic mass is 10.0. The molecule has 1 unspecified atom stereocenters. The van der Waals surface area contributed by atoms with Crippen LogP contribution in [0.15, 0.2) is 0 Å². The molecule has 0 spiro atoms. The summed E-state index contributed by atoms with van der Waals surface area (Å²) in [7, 11) is 1.53. The second-order valence-electron chi connectivity index (χ2n) is 4.33. The van der Waals surface area contributed by atoms with Gasteiger partial charge in [-0.3, -0.25) is 4.79 Å². The van der Waals surface area contributed by atoms with Gasteiger partial charge in [0.2, 0.25) is 5.91 Å². The highest BCUT2D eigenvalue weighted by Gasteiger charge is 2.33. The highest BCUT2D eigenvalue weighted by molar-refractivity contribution is 5.84. The van der Waals surface area contributed by atoms with Gasteiger partial charge in [-0.15, -0.1) is 0 Å². The van der Waals surface area contributed by atoms with Gasteiger partial charge in [0.1, 0.15) is 5.54 Å². The number of halogens is 3. The molecule has 0 aromatic carbocycles. The summed E-state index contributed by atoms with van der Waals surface area (Å²) in [6.07, 6.45) is -5.08. The molecule has 3 N–H and O–H groups in total. The number of nitrogens with zero attached hydrogens (tertiary/aromatic N) is 1.